The van der Waals surface area contributed by atoms with Crippen LogP contribution in [0.15, 0.2) is 72.8 Å². The van der Waals surface area contributed by atoms with Gasteiger partial charge >= 0.3 is 0 Å². The first-order valence-electron chi connectivity index (χ1n) is 6.84. The van der Waals surface area contributed by atoms with Crippen molar-refractivity contribution in [1.82, 2.24) is 0 Å². The highest BCUT2D eigenvalue weighted by Gasteiger charge is 2.05. The van der Waals surface area contributed by atoms with Gasteiger partial charge in [0.05, 0.1) is 5.02 Å². The van der Waals surface area contributed by atoms with Gasteiger partial charge in [-0.2, -0.15) is 0 Å². The Morgan fingerprint density at radius 3 is 2.14 bits per heavy atom. The summed E-state index contributed by atoms with van der Waals surface area (Å²) in [5.41, 5.74) is 2.80. The molecule has 2 nitrogen and oxygen atoms in total. The van der Waals surface area contributed by atoms with Gasteiger partial charge in [0, 0.05) is 5.56 Å². The lowest BCUT2D eigenvalue weighted by atomic mass is 10.1. The summed E-state index contributed by atoms with van der Waals surface area (Å²) in [6.45, 7) is 0. The van der Waals surface area contributed by atoms with Crippen molar-refractivity contribution in [3.8, 4) is 22.6 Å². The van der Waals surface area contributed by atoms with Crippen LogP contribution in [0, 0.1) is 0 Å². The van der Waals surface area contributed by atoms with Crippen LogP contribution in [-0.2, 0) is 0 Å². The minimum absolute atomic E-state index is 0.414. The van der Waals surface area contributed by atoms with Crippen molar-refractivity contribution in [2.45, 2.75) is 0 Å². The van der Waals surface area contributed by atoms with Gasteiger partial charge in [0.25, 0.3) is 0 Å². The van der Waals surface area contributed by atoms with Crippen LogP contribution in [-0.4, -0.2) is 6.29 Å². The third-order valence-electron chi connectivity index (χ3n) is 3.28. The maximum Gasteiger partial charge on any atom is 0.150 e. The van der Waals surface area contributed by atoms with Crippen molar-refractivity contribution < 1.29 is 9.53 Å². The molecule has 3 heteroatoms. The van der Waals surface area contributed by atoms with E-state index in [2.05, 4.69) is 12.1 Å². The van der Waals surface area contributed by atoms with Crippen molar-refractivity contribution >= 4 is 17.9 Å². The van der Waals surface area contributed by atoms with Gasteiger partial charge in [-0.25, -0.2) is 0 Å². The highest BCUT2D eigenvalue weighted by atomic mass is 35.5. The molecular formula is C19H13ClO2. The molecule has 0 spiro atoms. The number of ether oxygens (including phenoxy) is 1. The first kappa shape index (κ1) is 14.4. The molecule has 0 radical (unpaired) electrons. The molecule has 0 N–H and O–H groups in total. The zero-order valence-electron chi connectivity index (χ0n) is 11.7. The first-order valence-corrected chi connectivity index (χ1v) is 7.22. The monoisotopic (exact) mass is 308 g/mol. The first-order chi connectivity index (χ1) is 10.8. The molecule has 0 fully saturated rings. The molecule has 0 saturated heterocycles. The summed E-state index contributed by atoms with van der Waals surface area (Å²) in [6, 6.07) is 22.9. The van der Waals surface area contributed by atoms with E-state index in [9.17, 15) is 4.79 Å². The topological polar surface area (TPSA) is 26.3 Å². The normalized spacial score (nSPS) is 10.2. The fourth-order valence-corrected chi connectivity index (χ4v) is 2.37. The van der Waals surface area contributed by atoms with Crippen LogP contribution in [0.25, 0.3) is 11.1 Å². The van der Waals surface area contributed by atoms with Gasteiger partial charge in [-0.1, -0.05) is 54.1 Å². The molecule has 0 aliphatic carbocycles. The van der Waals surface area contributed by atoms with Gasteiger partial charge in [-0.3, -0.25) is 4.79 Å². The quantitative estimate of drug-likeness (QED) is 0.585. The Hall–Kier alpha value is -2.58. The highest BCUT2D eigenvalue weighted by Crippen LogP contribution is 2.31. The number of benzene rings is 3. The average molecular weight is 309 g/mol. The lowest BCUT2D eigenvalue weighted by Crippen LogP contribution is -1.87. The predicted octanol–water partition coefficient (Wildman–Crippen LogP) is 5.61. The van der Waals surface area contributed by atoms with Crippen molar-refractivity contribution in [3.63, 3.8) is 0 Å². The third kappa shape index (κ3) is 3.18. The third-order valence-corrected chi connectivity index (χ3v) is 3.58. The van der Waals surface area contributed by atoms with Gasteiger partial charge in [0.1, 0.15) is 17.8 Å². The van der Waals surface area contributed by atoms with Crippen LogP contribution in [0.4, 0.5) is 0 Å². The minimum atomic E-state index is 0.414. The van der Waals surface area contributed by atoms with E-state index in [1.807, 2.05) is 42.5 Å². The zero-order chi connectivity index (χ0) is 15.4. The summed E-state index contributed by atoms with van der Waals surface area (Å²) < 4.78 is 5.75. The summed E-state index contributed by atoms with van der Waals surface area (Å²) in [5.74, 6) is 1.22. The second kappa shape index (κ2) is 6.46. The lowest BCUT2D eigenvalue weighted by molar-refractivity contribution is 0.112. The molecule has 3 rings (SSSR count). The Bertz CT molecular complexity index is 780. The summed E-state index contributed by atoms with van der Waals surface area (Å²) in [4.78, 5) is 10.7. The van der Waals surface area contributed by atoms with Crippen molar-refractivity contribution in [3.05, 3.63) is 83.4 Å². The lowest BCUT2D eigenvalue weighted by Gasteiger charge is -2.09. The largest absolute Gasteiger partial charge is 0.456 e. The Morgan fingerprint density at radius 1 is 0.818 bits per heavy atom. The molecular weight excluding hydrogens is 296 g/mol. The summed E-state index contributed by atoms with van der Waals surface area (Å²) in [6.07, 6.45) is 0.754. The van der Waals surface area contributed by atoms with Crippen LogP contribution < -0.4 is 4.74 Å². The average Bonchev–Trinajstić information content (AvgIpc) is 2.58. The fourth-order valence-electron chi connectivity index (χ4n) is 2.15. The molecule has 3 aromatic rings. The molecule has 0 atom stereocenters. The maximum atomic E-state index is 10.7. The molecule has 22 heavy (non-hydrogen) atoms. The van der Waals surface area contributed by atoms with E-state index < -0.39 is 0 Å². The van der Waals surface area contributed by atoms with E-state index in [-0.39, 0.29) is 0 Å². The molecule has 0 unspecified atom stereocenters. The molecule has 108 valence electrons. The van der Waals surface area contributed by atoms with Crippen LogP contribution in [0.1, 0.15) is 10.4 Å². The van der Waals surface area contributed by atoms with Gasteiger partial charge in [0.2, 0.25) is 0 Å². The molecule has 0 amide bonds. The number of halogens is 1. The summed E-state index contributed by atoms with van der Waals surface area (Å²) in [7, 11) is 0. The Morgan fingerprint density at radius 2 is 1.50 bits per heavy atom. The smallest absolute Gasteiger partial charge is 0.150 e. The van der Waals surface area contributed by atoms with E-state index >= 15 is 0 Å². The second-order valence-corrected chi connectivity index (χ2v) is 5.21. The van der Waals surface area contributed by atoms with Crippen molar-refractivity contribution in [1.29, 1.82) is 0 Å². The number of rotatable bonds is 4. The van der Waals surface area contributed by atoms with Crippen LogP contribution >= 0.6 is 11.6 Å². The molecule has 0 aliphatic rings. The number of carbonyl (C=O) groups is 1. The van der Waals surface area contributed by atoms with Gasteiger partial charge in [0.15, 0.2) is 0 Å². The zero-order valence-corrected chi connectivity index (χ0v) is 12.5. The van der Waals surface area contributed by atoms with E-state index in [4.69, 9.17) is 16.3 Å². The summed E-state index contributed by atoms with van der Waals surface area (Å²) >= 11 is 6.10. The van der Waals surface area contributed by atoms with E-state index in [1.54, 1.807) is 18.2 Å². The highest BCUT2D eigenvalue weighted by molar-refractivity contribution is 6.32. The molecule has 0 aliphatic heterocycles. The van der Waals surface area contributed by atoms with E-state index in [0.717, 1.165) is 17.4 Å². The number of hydrogen-bond donors (Lipinski definition) is 0. The van der Waals surface area contributed by atoms with Gasteiger partial charge in [-0.05, 0) is 41.5 Å². The number of carbonyl (C=O) groups excluding carboxylic acids is 1. The summed E-state index contributed by atoms with van der Waals surface area (Å²) in [5, 5.41) is 0.414. The minimum Gasteiger partial charge on any atom is -0.456 e. The maximum absolute atomic E-state index is 10.7. The van der Waals surface area contributed by atoms with E-state index in [0.29, 0.717) is 22.1 Å². The number of hydrogen-bond acceptors (Lipinski definition) is 2. The van der Waals surface area contributed by atoms with Crippen LogP contribution in [0.2, 0.25) is 5.02 Å². The SMILES string of the molecule is O=Cc1ccc(Oc2ccc(-c3ccccc3)cc2)c(Cl)c1. The standard InChI is InChI=1S/C19H13ClO2/c20-18-12-14(13-21)6-11-19(18)22-17-9-7-16(8-10-17)15-4-2-1-3-5-15/h1-13H. The molecule has 3 aromatic carbocycles. The number of aldehydes is 1. The Labute approximate surface area is 133 Å². The Balaban J connectivity index is 1.81. The van der Waals surface area contributed by atoms with Crippen molar-refractivity contribution in [2.75, 3.05) is 0 Å². The Kier molecular flexibility index (Phi) is 4.22. The van der Waals surface area contributed by atoms with Gasteiger partial charge in [-0.15, -0.1) is 0 Å². The molecule has 0 heterocycles. The van der Waals surface area contributed by atoms with Crippen molar-refractivity contribution in [2.24, 2.45) is 0 Å². The van der Waals surface area contributed by atoms with Crippen LogP contribution in [0.5, 0.6) is 11.5 Å². The predicted molar refractivity (Wildman–Crippen MR) is 88.8 cm³/mol. The van der Waals surface area contributed by atoms with Crippen LogP contribution in [0.3, 0.4) is 0 Å². The molecule has 0 aromatic heterocycles. The molecule has 0 saturated carbocycles. The second-order valence-electron chi connectivity index (χ2n) is 4.80. The fraction of sp³-hybridized carbons (Fsp3) is 0. The molecule has 0 bridgehead atoms. The van der Waals surface area contributed by atoms with E-state index in [1.165, 1.54) is 0 Å². The van der Waals surface area contributed by atoms with Gasteiger partial charge < -0.3 is 4.74 Å².